The highest BCUT2D eigenvalue weighted by Gasteiger charge is 1.91. The van der Waals surface area contributed by atoms with Crippen LogP contribution in [0.1, 0.15) is 13.8 Å². The van der Waals surface area contributed by atoms with Gasteiger partial charge in [-0.3, -0.25) is 0 Å². The molecule has 1 nitrogen and oxygen atoms in total. The summed E-state index contributed by atoms with van der Waals surface area (Å²) in [6.07, 6.45) is 5.74. The number of hydrogen-bond donors (Lipinski definition) is 1. The highest BCUT2D eigenvalue weighted by atomic mass is 14.6. The van der Waals surface area contributed by atoms with Gasteiger partial charge in [-0.05, 0) is 19.4 Å². The standard InChI is InChI=1S/C10H15N/c1-5-6-10(9(4)11)7-8(2)3/h5-7H,2,4,11H2,1,3H3/b6-5-,10-7-. The van der Waals surface area contributed by atoms with E-state index in [1.807, 2.05) is 32.1 Å². The molecule has 2 N–H and O–H groups in total. The Morgan fingerprint density at radius 3 is 2.18 bits per heavy atom. The van der Waals surface area contributed by atoms with Crippen molar-refractivity contribution in [3.8, 4) is 0 Å². The Kier molecular flexibility index (Phi) is 4.04. The van der Waals surface area contributed by atoms with E-state index in [9.17, 15) is 0 Å². The van der Waals surface area contributed by atoms with Crippen LogP contribution in [0.3, 0.4) is 0 Å². The molecule has 0 fully saturated rings. The summed E-state index contributed by atoms with van der Waals surface area (Å²) in [5.41, 5.74) is 8.00. The highest BCUT2D eigenvalue weighted by Crippen LogP contribution is 2.06. The first kappa shape index (κ1) is 9.76. The topological polar surface area (TPSA) is 26.0 Å². The molecule has 0 aromatic carbocycles. The quantitative estimate of drug-likeness (QED) is 0.613. The number of rotatable bonds is 3. The van der Waals surface area contributed by atoms with Crippen LogP contribution in [0, 0.1) is 0 Å². The van der Waals surface area contributed by atoms with Gasteiger partial charge in [0, 0.05) is 5.70 Å². The van der Waals surface area contributed by atoms with Gasteiger partial charge in [-0.15, -0.1) is 0 Å². The Labute approximate surface area is 68.6 Å². The van der Waals surface area contributed by atoms with Gasteiger partial charge in [0.15, 0.2) is 0 Å². The maximum Gasteiger partial charge on any atom is 0.0314 e. The predicted molar refractivity (Wildman–Crippen MR) is 51.0 cm³/mol. The van der Waals surface area contributed by atoms with E-state index in [-0.39, 0.29) is 0 Å². The maximum absolute atomic E-state index is 5.52. The van der Waals surface area contributed by atoms with Gasteiger partial charge in [-0.2, -0.15) is 0 Å². The van der Waals surface area contributed by atoms with Gasteiger partial charge in [0.1, 0.15) is 0 Å². The summed E-state index contributed by atoms with van der Waals surface area (Å²) in [4.78, 5) is 0. The molecular formula is C10H15N. The van der Waals surface area contributed by atoms with Crippen molar-refractivity contribution >= 4 is 0 Å². The minimum atomic E-state index is 0.575. The van der Waals surface area contributed by atoms with Crippen LogP contribution in [0.5, 0.6) is 0 Å². The molecule has 0 bridgehead atoms. The number of hydrogen-bond acceptors (Lipinski definition) is 1. The molecule has 0 radical (unpaired) electrons. The molecule has 0 amide bonds. The molecule has 0 atom stereocenters. The molecule has 60 valence electrons. The van der Waals surface area contributed by atoms with Gasteiger partial charge < -0.3 is 5.73 Å². The zero-order chi connectivity index (χ0) is 8.85. The second kappa shape index (κ2) is 4.56. The van der Waals surface area contributed by atoms with Crippen molar-refractivity contribution in [2.24, 2.45) is 5.73 Å². The Morgan fingerprint density at radius 2 is 1.91 bits per heavy atom. The van der Waals surface area contributed by atoms with E-state index in [0.29, 0.717) is 5.70 Å². The lowest BCUT2D eigenvalue weighted by molar-refractivity contribution is 1.35. The van der Waals surface area contributed by atoms with Crippen molar-refractivity contribution in [2.45, 2.75) is 13.8 Å². The Bertz CT molecular complexity index is 219. The monoisotopic (exact) mass is 149 g/mol. The Balaban J connectivity index is 4.59. The van der Waals surface area contributed by atoms with Crippen LogP contribution in [0.2, 0.25) is 0 Å². The summed E-state index contributed by atoms with van der Waals surface area (Å²) >= 11 is 0. The first-order valence-corrected chi connectivity index (χ1v) is 3.52. The summed E-state index contributed by atoms with van der Waals surface area (Å²) in [5, 5.41) is 0. The Morgan fingerprint density at radius 1 is 1.36 bits per heavy atom. The first-order chi connectivity index (χ1) is 5.07. The second-order valence-electron chi connectivity index (χ2n) is 2.47. The van der Waals surface area contributed by atoms with E-state index < -0.39 is 0 Å². The summed E-state index contributed by atoms with van der Waals surface area (Å²) < 4.78 is 0. The van der Waals surface area contributed by atoms with E-state index in [0.717, 1.165) is 11.1 Å². The van der Waals surface area contributed by atoms with Crippen molar-refractivity contribution in [1.82, 2.24) is 0 Å². The normalized spacial score (nSPS) is 12.0. The molecular weight excluding hydrogens is 134 g/mol. The third-order valence-corrected chi connectivity index (χ3v) is 1.12. The first-order valence-electron chi connectivity index (χ1n) is 3.52. The predicted octanol–water partition coefficient (Wildman–Crippen LogP) is 2.54. The van der Waals surface area contributed by atoms with Crippen LogP contribution in [-0.2, 0) is 0 Å². The van der Waals surface area contributed by atoms with E-state index in [2.05, 4.69) is 13.2 Å². The molecule has 0 saturated carbocycles. The maximum atomic E-state index is 5.52. The molecule has 0 spiro atoms. The fraction of sp³-hybridized carbons (Fsp3) is 0.200. The van der Waals surface area contributed by atoms with Crippen LogP contribution in [0.25, 0.3) is 0 Å². The van der Waals surface area contributed by atoms with Crippen LogP contribution >= 0.6 is 0 Å². The van der Waals surface area contributed by atoms with Gasteiger partial charge in [0.2, 0.25) is 0 Å². The zero-order valence-electron chi connectivity index (χ0n) is 7.22. The zero-order valence-corrected chi connectivity index (χ0v) is 7.22. The SMILES string of the molecule is C=C(C)/C=C(/C=C\C)C(=C)N. The van der Waals surface area contributed by atoms with Crippen molar-refractivity contribution in [3.05, 3.63) is 48.2 Å². The summed E-state index contributed by atoms with van der Waals surface area (Å²) in [6.45, 7) is 11.3. The van der Waals surface area contributed by atoms with E-state index in [4.69, 9.17) is 5.73 Å². The van der Waals surface area contributed by atoms with Crippen LogP contribution < -0.4 is 5.73 Å². The minimum absolute atomic E-state index is 0.575. The average Bonchev–Trinajstić information content (AvgIpc) is 1.86. The third-order valence-electron chi connectivity index (χ3n) is 1.12. The van der Waals surface area contributed by atoms with E-state index in [1.165, 1.54) is 0 Å². The lowest BCUT2D eigenvalue weighted by Crippen LogP contribution is -1.96. The van der Waals surface area contributed by atoms with Crippen LogP contribution in [-0.4, -0.2) is 0 Å². The molecule has 0 aromatic heterocycles. The minimum Gasteiger partial charge on any atom is -0.399 e. The second-order valence-corrected chi connectivity index (χ2v) is 2.47. The van der Waals surface area contributed by atoms with Crippen LogP contribution in [0.4, 0.5) is 0 Å². The number of nitrogens with two attached hydrogens (primary N) is 1. The average molecular weight is 149 g/mol. The molecule has 0 heterocycles. The highest BCUT2D eigenvalue weighted by molar-refractivity contribution is 5.40. The molecule has 0 aromatic rings. The number of allylic oxidation sites excluding steroid dienone is 4. The molecule has 0 aliphatic rings. The third kappa shape index (κ3) is 4.20. The van der Waals surface area contributed by atoms with Crippen molar-refractivity contribution < 1.29 is 0 Å². The molecule has 11 heavy (non-hydrogen) atoms. The van der Waals surface area contributed by atoms with Gasteiger partial charge in [-0.25, -0.2) is 0 Å². The van der Waals surface area contributed by atoms with E-state index >= 15 is 0 Å². The molecule has 0 rings (SSSR count). The largest absolute Gasteiger partial charge is 0.399 e. The molecule has 0 unspecified atom stereocenters. The lowest BCUT2D eigenvalue weighted by atomic mass is 10.1. The van der Waals surface area contributed by atoms with Gasteiger partial charge >= 0.3 is 0 Å². The van der Waals surface area contributed by atoms with Crippen molar-refractivity contribution in [1.29, 1.82) is 0 Å². The van der Waals surface area contributed by atoms with E-state index in [1.54, 1.807) is 0 Å². The fourth-order valence-electron chi connectivity index (χ4n) is 0.693. The summed E-state index contributed by atoms with van der Waals surface area (Å²) in [6, 6.07) is 0. The van der Waals surface area contributed by atoms with Gasteiger partial charge in [0.05, 0.1) is 0 Å². The fourth-order valence-corrected chi connectivity index (χ4v) is 0.693. The lowest BCUT2D eigenvalue weighted by Gasteiger charge is -1.99. The van der Waals surface area contributed by atoms with Gasteiger partial charge in [-0.1, -0.05) is 37.0 Å². The molecule has 0 aliphatic carbocycles. The summed E-state index contributed by atoms with van der Waals surface area (Å²) in [5.74, 6) is 0. The molecule has 0 saturated heterocycles. The van der Waals surface area contributed by atoms with Crippen molar-refractivity contribution in [3.63, 3.8) is 0 Å². The smallest absolute Gasteiger partial charge is 0.0314 e. The summed E-state index contributed by atoms with van der Waals surface area (Å²) in [7, 11) is 0. The Hall–Kier alpha value is -1.24. The van der Waals surface area contributed by atoms with Gasteiger partial charge in [0.25, 0.3) is 0 Å². The molecule has 1 heteroatoms. The van der Waals surface area contributed by atoms with Crippen LogP contribution in [0.15, 0.2) is 48.2 Å². The molecule has 0 aliphatic heterocycles. The van der Waals surface area contributed by atoms with Crippen molar-refractivity contribution in [2.75, 3.05) is 0 Å².